The summed E-state index contributed by atoms with van der Waals surface area (Å²) in [4.78, 5) is 0. The molecule has 0 saturated carbocycles. The lowest BCUT2D eigenvalue weighted by Crippen LogP contribution is -1.84. The van der Waals surface area contributed by atoms with E-state index in [9.17, 15) is 0 Å². The Morgan fingerprint density at radius 1 is 1.45 bits per heavy atom. The molecular weight excluding hydrogens is 162 g/mol. The summed E-state index contributed by atoms with van der Waals surface area (Å²) in [5.74, 6) is 0. The van der Waals surface area contributed by atoms with E-state index in [1.165, 1.54) is 0 Å². The Balaban J connectivity index is 2.96. The van der Waals surface area contributed by atoms with Gasteiger partial charge in [0.05, 0.1) is 16.7 Å². The Kier molecular flexibility index (Phi) is 1.26. The van der Waals surface area contributed by atoms with Crippen molar-refractivity contribution in [2.45, 2.75) is 0 Å². The number of nitrogens with one attached hydrogen (secondary N) is 1. The zero-order valence-corrected chi connectivity index (χ0v) is 6.39. The van der Waals surface area contributed by atoms with E-state index in [2.05, 4.69) is 10.2 Å². The van der Waals surface area contributed by atoms with Crippen molar-refractivity contribution < 1.29 is 0 Å². The van der Waals surface area contributed by atoms with E-state index in [1.54, 1.807) is 18.3 Å². The highest BCUT2D eigenvalue weighted by Gasteiger charge is 2.02. The van der Waals surface area contributed by atoms with Crippen LogP contribution in [0.25, 0.3) is 10.9 Å². The first-order chi connectivity index (χ1) is 5.29. The molecule has 1 aromatic heterocycles. The maximum atomic E-state index is 5.84. The van der Waals surface area contributed by atoms with Gasteiger partial charge in [0.15, 0.2) is 0 Å². The molecule has 0 amide bonds. The van der Waals surface area contributed by atoms with Crippen molar-refractivity contribution in [3.8, 4) is 0 Å². The van der Waals surface area contributed by atoms with Gasteiger partial charge < -0.3 is 5.73 Å². The van der Waals surface area contributed by atoms with Crippen LogP contribution in [0.4, 0.5) is 5.69 Å². The van der Waals surface area contributed by atoms with Crippen LogP contribution >= 0.6 is 11.6 Å². The van der Waals surface area contributed by atoms with Crippen LogP contribution in [0.5, 0.6) is 0 Å². The molecule has 0 spiro atoms. The summed E-state index contributed by atoms with van der Waals surface area (Å²) in [7, 11) is 0. The molecule has 0 saturated heterocycles. The predicted molar refractivity (Wildman–Crippen MR) is 45.5 cm³/mol. The van der Waals surface area contributed by atoms with Gasteiger partial charge in [-0.1, -0.05) is 11.6 Å². The van der Waals surface area contributed by atoms with E-state index in [-0.39, 0.29) is 0 Å². The largest absolute Gasteiger partial charge is 0.398 e. The SMILES string of the molecule is Nc1ccc(Cl)c2[nH]ncc12. The second-order valence-electron chi connectivity index (χ2n) is 2.30. The third kappa shape index (κ3) is 0.851. The Morgan fingerprint density at radius 2 is 2.27 bits per heavy atom. The van der Waals surface area contributed by atoms with Crippen LogP contribution in [0.15, 0.2) is 18.3 Å². The summed E-state index contributed by atoms with van der Waals surface area (Å²) < 4.78 is 0. The smallest absolute Gasteiger partial charge is 0.0857 e. The van der Waals surface area contributed by atoms with Crippen molar-refractivity contribution in [3.05, 3.63) is 23.4 Å². The highest BCUT2D eigenvalue weighted by Crippen LogP contribution is 2.25. The first kappa shape index (κ1) is 6.49. The number of aromatic nitrogens is 2. The summed E-state index contributed by atoms with van der Waals surface area (Å²) in [5, 5.41) is 8.12. The van der Waals surface area contributed by atoms with Crippen LogP contribution in [-0.2, 0) is 0 Å². The molecule has 3 nitrogen and oxygen atoms in total. The molecule has 3 N–H and O–H groups in total. The lowest BCUT2D eigenvalue weighted by molar-refractivity contribution is 1.12. The molecule has 2 rings (SSSR count). The van der Waals surface area contributed by atoms with Crippen LogP contribution in [0.3, 0.4) is 0 Å². The van der Waals surface area contributed by atoms with Gasteiger partial charge in [-0.2, -0.15) is 5.10 Å². The molecule has 0 aliphatic rings. The quantitative estimate of drug-likeness (QED) is 0.588. The van der Waals surface area contributed by atoms with Gasteiger partial charge in [0.25, 0.3) is 0 Å². The van der Waals surface area contributed by atoms with Gasteiger partial charge in [-0.15, -0.1) is 0 Å². The van der Waals surface area contributed by atoms with E-state index in [0.717, 1.165) is 10.9 Å². The molecule has 0 radical (unpaired) electrons. The van der Waals surface area contributed by atoms with E-state index < -0.39 is 0 Å². The van der Waals surface area contributed by atoms with Crippen molar-refractivity contribution >= 4 is 28.2 Å². The average Bonchev–Trinajstić information content (AvgIpc) is 2.45. The van der Waals surface area contributed by atoms with Gasteiger partial charge in [0.2, 0.25) is 0 Å². The number of H-pyrrole nitrogens is 1. The summed E-state index contributed by atoms with van der Waals surface area (Å²) in [5.41, 5.74) is 7.14. The lowest BCUT2D eigenvalue weighted by atomic mass is 10.2. The fourth-order valence-corrected chi connectivity index (χ4v) is 1.23. The highest BCUT2D eigenvalue weighted by molar-refractivity contribution is 6.35. The van der Waals surface area contributed by atoms with Gasteiger partial charge in [0.1, 0.15) is 0 Å². The normalized spacial score (nSPS) is 10.6. The number of nitrogens with two attached hydrogens (primary N) is 1. The zero-order chi connectivity index (χ0) is 7.84. The Bertz CT molecular complexity index is 357. The standard InChI is InChI=1S/C7H6ClN3/c8-5-1-2-6(9)4-3-10-11-7(4)5/h1-3H,9H2,(H,10,11). The fraction of sp³-hybridized carbons (Fsp3) is 0. The first-order valence-electron chi connectivity index (χ1n) is 3.16. The topological polar surface area (TPSA) is 54.7 Å². The molecule has 0 bridgehead atoms. The molecule has 2 aromatic rings. The number of halogens is 1. The monoisotopic (exact) mass is 167 g/mol. The molecular formula is C7H6ClN3. The third-order valence-electron chi connectivity index (χ3n) is 1.60. The van der Waals surface area contributed by atoms with Crippen molar-refractivity contribution in [1.29, 1.82) is 0 Å². The van der Waals surface area contributed by atoms with Crippen LogP contribution in [0.1, 0.15) is 0 Å². The molecule has 1 heterocycles. The zero-order valence-electron chi connectivity index (χ0n) is 5.63. The number of hydrogen-bond acceptors (Lipinski definition) is 2. The molecule has 56 valence electrons. The Labute approximate surface area is 68.2 Å². The summed E-state index contributed by atoms with van der Waals surface area (Å²) in [6, 6.07) is 3.51. The van der Waals surface area contributed by atoms with Crippen LogP contribution < -0.4 is 5.73 Å². The van der Waals surface area contributed by atoms with Crippen molar-refractivity contribution in [2.75, 3.05) is 5.73 Å². The van der Waals surface area contributed by atoms with Crippen molar-refractivity contribution in [2.24, 2.45) is 0 Å². The lowest BCUT2D eigenvalue weighted by Gasteiger charge is -1.95. The Hall–Kier alpha value is -1.22. The summed E-state index contributed by atoms with van der Waals surface area (Å²) >= 11 is 5.84. The minimum Gasteiger partial charge on any atom is -0.398 e. The number of rotatable bonds is 0. The van der Waals surface area contributed by atoms with Crippen LogP contribution in [0, 0.1) is 0 Å². The molecule has 0 fully saturated rings. The van der Waals surface area contributed by atoms with Crippen molar-refractivity contribution in [1.82, 2.24) is 10.2 Å². The average molecular weight is 168 g/mol. The molecule has 11 heavy (non-hydrogen) atoms. The van der Waals surface area contributed by atoms with Gasteiger partial charge in [-0.3, -0.25) is 5.10 Å². The number of nitrogen functional groups attached to an aromatic ring is 1. The summed E-state index contributed by atoms with van der Waals surface area (Å²) in [6.45, 7) is 0. The molecule has 4 heteroatoms. The van der Waals surface area contributed by atoms with Gasteiger partial charge in [-0.05, 0) is 12.1 Å². The van der Waals surface area contributed by atoms with Crippen LogP contribution in [0.2, 0.25) is 5.02 Å². The van der Waals surface area contributed by atoms with Gasteiger partial charge in [-0.25, -0.2) is 0 Å². The summed E-state index contributed by atoms with van der Waals surface area (Å²) in [6.07, 6.45) is 1.66. The number of aromatic amines is 1. The third-order valence-corrected chi connectivity index (χ3v) is 1.91. The van der Waals surface area contributed by atoms with Gasteiger partial charge >= 0.3 is 0 Å². The second-order valence-corrected chi connectivity index (χ2v) is 2.70. The minimum absolute atomic E-state index is 0.645. The second kappa shape index (κ2) is 2.13. The van der Waals surface area contributed by atoms with E-state index in [0.29, 0.717) is 10.7 Å². The van der Waals surface area contributed by atoms with Crippen molar-refractivity contribution in [3.63, 3.8) is 0 Å². The number of fused-ring (bicyclic) bond motifs is 1. The predicted octanol–water partition coefficient (Wildman–Crippen LogP) is 1.80. The molecule has 0 atom stereocenters. The van der Waals surface area contributed by atoms with Gasteiger partial charge in [0, 0.05) is 11.1 Å². The fourth-order valence-electron chi connectivity index (χ4n) is 1.02. The first-order valence-corrected chi connectivity index (χ1v) is 3.54. The molecule has 0 unspecified atom stereocenters. The number of benzene rings is 1. The highest BCUT2D eigenvalue weighted by atomic mass is 35.5. The minimum atomic E-state index is 0.645. The number of nitrogens with zero attached hydrogens (tertiary/aromatic N) is 1. The van der Waals surface area contributed by atoms with E-state index in [4.69, 9.17) is 17.3 Å². The maximum Gasteiger partial charge on any atom is 0.0857 e. The molecule has 0 aliphatic heterocycles. The van der Waals surface area contributed by atoms with Crippen LogP contribution in [-0.4, -0.2) is 10.2 Å². The van der Waals surface area contributed by atoms with E-state index >= 15 is 0 Å². The maximum absolute atomic E-state index is 5.84. The number of anilines is 1. The van der Waals surface area contributed by atoms with E-state index in [1.807, 2.05) is 0 Å². The Morgan fingerprint density at radius 3 is 3.00 bits per heavy atom. The molecule has 0 aliphatic carbocycles. The number of hydrogen-bond donors (Lipinski definition) is 2. The molecule has 1 aromatic carbocycles.